The molecule has 24 heavy (non-hydrogen) atoms. The molecule has 0 saturated carbocycles. The third kappa shape index (κ3) is 4.65. The molecule has 0 atom stereocenters. The van der Waals surface area contributed by atoms with Crippen LogP contribution in [0.15, 0.2) is 42.0 Å². The number of rotatable bonds is 4. The van der Waals surface area contributed by atoms with E-state index in [-0.39, 0.29) is 5.57 Å². The molecule has 0 spiro atoms. The van der Waals surface area contributed by atoms with Crippen LogP contribution in [0.4, 0.5) is 5.69 Å². The van der Waals surface area contributed by atoms with E-state index >= 15 is 0 Å². The third-order valence-electron chi connectivity index (χ3n) is 2.98. The Morgan fingerprint density at radius 1 is 1.17 bits per heavy atom. The average molecular weight is 382 g/mol. The van der Waals surface area contributed by atoms with Gasteiger partial charge in [-0.2, -0.15) is 5.26 Å². The highest BCUT2D eigenvalue weighted by atomic mass is 35.5. The topological polar surface area (TPSA) is 62.1 Å². The van der Waals surface area contributed by atoms with E-state index in [1.807, 2.05) is 6.07 Å². The fourth-order valence-electron chi connectivity index (χ4n) is 1.87. The van der Waals surface area contributed by atoms with Crippen LogP contribution in [-0.2, 0) is 4.79 Å². The summed E-state index contributed by atoms with van der Waals surface area (Å²) >= 11 is 17.7. The van der Waals surface area contributed by atoms with Gasteiger partial charge >= 0.3 is 0 Å². The van der Waals surface area contributed by atoms with E-state index in [9.17, 15) is 10.1 Å². The average Bonchev–Trinajstić information content (AvgIpc) is 2.55. The number of hydrogen-bond donors (Lipinski definition) is 1. The van der Waals surface area contributed by atoms with Crippen molar-refractivity contribution < 1.29 is 9.53 Å². The van der Waals surface area contributed by atoms with Gasteiger partial charge in [-0.25, -0.2) is 0 Å². The van der Waals surface area contributed by atoms with Crippen molar-refractivity contribution in [1.29, 1.82) is 5.26 Å². The molecule has 2 aromatic carbocycles. The molecule has 0 bridgehead atoms. The summed E-state index contributed by atoms with van der Waals surface area (Å²) in [6.07, 6.45) is 1.42. The molecular formula is C17H11Cl3N2O2. The first-order chi connectivity index (χ1) is 11.4. The number of nitrogens with zero attached hydrogens (tertiary/aromatic N) is 1. The van der Waals surface area contributed by atoms with Crippen molar-refractivity contribution >= 4 is 52.5 Å². The van der Waals surface area contributed by atoms with Crippen LogP contribution in [0.25, 0.3) is 6.08 Å². The summed E-state index contributed by atoms with van der Waals surface area (Å²) in [5.41, 5.74) is 0.907. The SMILES string of the molecule is COc1cc(Cl)cc(/C=C(\C#N)C(=O)Nc2ccc(Cl)c(Cl)c2)c1. The number of benzene rings is 2. The van der Waals surface area contributed by atoms with Crippen molar-refractivity contribution in [3.05, 3.63) is 62.6 Å². The highest BCUT2D eigenvalue weighted by molar-refractivity contribution is 6.42. The van der Waals surface area contributed by atoms with Gasteiger partial charge in [0.2, 0.25) is 0 Å². The van der Waals surface area contributed by atoms with Gasteiger partial charge in [0, 0.05) is 10.7 Å². The number of ether oxygens (including phenoxy) is 1. The summed E-state index contributed by atoms with van der Waals surface area (Å²) in [6.45, 7) is 0. The van der Waals surface area contributed by atoms with E-state index in [0.717, 1.165) is 0 Å². The van der Waals surface area contributed by atoms with Gasteiger partial charge in [0.05, 0.1) is 17.2 Å². The van der Waals surface area contributed by atoms with Crippen LogP contribution in [0.1, 0.15) is 5.56 Å². The molecule has 0 aliphatic heterocycles. The lowest BCUT2D eigenvalue weighted by Gasteiger charge is -2.06. The zero-order chi connectivity index (χ0) is 17.7. The predicted molar refractivity (Wildman–Crippen MR) is 96.7 cm³/mol. The maximum Gasteiger partial charge on any atom is 0.266 e. The maximum absolute atomic E-state index is 12.2. The van der Waals surface area contributed by atoms with Crippen LogP contribution in [-0.4, -0.2) is 13.0 Å². The zero-order valence-corrected chi connectivity index (χ0v) is 14.7. The van der Waals surface area contributed by atoms with Crippen molar-refractivity contribution in [2.75, 3.05) is 12.4 Å². The van der Waals surface area contributed by atoms with E-state index in [2.05, 4.69) is 5.32 Å². The van der Waals surface area contributed by atoms with E-state index in [1.165, 1.54) is 19.3 Å². The number of carbonyl (C=O) groups is 1. The molecule has 0 aliphatic carbocycles. The number of nitrogens with one attached hydrogen (secondary N) is 1. The lowest BCUT2D eigenvalue weighted by molar-refractivity contribution is -0.112. The van der Waals surface area contributed by atoms with Crippen molar-refractivity contribution in [2.24, 2.45) is 0 Å². The fraction of sp³-hybridized carbons (Fsp3) is 0.0588. The zero-order valence-electron chi connectivity index (χ0n) is 12.4. The van der Waals surface area contributed by atoms with Crippen LogP contribution >= 0.6 is 34.8 Å². The molecule has 0 heterocycles. The minimum atomic E-state index is -0.574. The van der Waals surface area contributed by atoms with Crippen molar-refractivity contribution in [1.82, 2.24) is 0 Å². The van der Waals surface area contributed by atoms with E-state index in [1.54, 1.807) is 30.3 Å². The molecule has 0 aliphatic rings. The Morgan fingerprint density at radius 2 is 1.92 bits per heavy atom. The van der Waals surface area contributed by atoms with Crippen LogP contribution in [0, 0.1) is 11.3 Å². The Bertz CT molecular complexity index is 857. The molecule has 122 valence electrons. The lowest BCUT2D eigenvalue weighted by Crippen LogP contribution is -2.13. The molecule has 1 N–H and O–H groups in total. The summed E-state index contributed by atoms with van der Waals surface area (Å²) < 4.78 is 5.11. The predicted octanol–water partition coefficient (Wildman–Crippen LogP) is 5.20. The molecular weight excluding hydrogens is 371 g/mol. The molecule has 0 radical (unpaired) electrons. The second-order valence-corrected chi connectivity index (χ2v) is 5.93. The second kappa shape index (κ2) is 8.07. The molecule has 2 rings (SSSR count). The van der Waals surface area contributed by atoms with Gasteiger partial charge in [-0.3, -0.25) is 4.79 Å². The van der Waals surface area contributed by atoms with E-state index < -0.39 is 5.91 Å². The van der Waals surface area contributed by atoms with Gasteiger partial charge in [-0.1, -0.05) is 34.8 Å². The molecule has 7 heteroatoms. The Labute approximate surface area is 154 Å². The van der Waals surface area contributed by atoms with Crippen LogP contribution in [0.3, 0.4) is 0 Å². The Balaban J connectivity index is 2.27. The smallest absolute Gasteiger partial charge is 0.266 e. The molecule has 4 nitrogen and oxygen atoms in total. The number of carbonyl (C=O) groups excluding carboxylic acids is 1. The number of hydrogen-bond acceptors (Lipinski definition) is 3. The first kappa shape index (κ1) is 18.2. The largest absolute Gasteiger partial charge is 0.497 e. The van der Waals surface area contributed by atoms with E-state index in [0.29, 0.717) is 32.1 Å². The Kier molecular flexibility index (Phi) is 6.10. The number of methoxy groups -OCH3 is 1. The molecule has 0 saturated heterocycles. The summed E-state index contributed by atoms with van der Waals surface area (Å²) in [7, 11) is 1.50. The number of halogens is 3. The first-order valence-corrected chi connectivity index (χ1v) is 7.79. The normalized spacial score (nSPS) is 10.9. The van der Waals surface area contributed by atoms with Crippen LogP contribution in [0.2, 0.25) is 15.1 Å². The Morgan fingerprint density at radius 3 is 2.54 bits per heavy atom. The Hall–Kier alpha value is -2.19. The maximum atomic E-state index is 12.2. The summed E-state index contributed by atoms with van der Waals surface area (Å²) in [5.74, 6) is -0.0502. The summed E-state index contributed by atoms with van der Waals surface area (Å²) in [4.78, 5) is 12.2. The van der Waals surface area contributed by atoms with Gasteiger partial charge in [-0.15, -0.1) is 0 Å². The standard InChI is InChI=1S/C17H11Cl3N2O2/c1-24-14-6-10(5-12(18)7-14)4-11(9-21)17(23)22-13-2-3-15(19)16(20)8-13/h2-8H,1H3,(H,22,23)/b11-4+. The van der Waals surface area contributed by atoms with Gasteiger partial charge in [-0.05, 0) is 48.0 Å². The summed E-state index contributed by atoms with van der Waals surface area (Å²) in [6, 6.07) is 11.4. The van der Waals surface area contributed by atoms with Crippen molar-refractivity contribution in [3.8, 4) is 11.8 Å². The molecule has 0 aromatic heterocycles. The molecule has 0 fully saturated rings. The first-order valence-electron chi connectivity index (χ1n) is 6.65. The highest BCUT2D eigenvalue weighted by Gasteiger charge is 2.11. The summed E-state index contributed by atoms with van der Waals surface area (Å²) in [5, 5.41) is 12.9. The van der Waals surface area contributed by atoms with Crippen LogP contribution in [0.5, 0.6) is 5.75 Å². The van der Waals surface area contributed by atoms with Gasteiger partial charge in [0.1, 0.15) is 17.4 Å². The van der Waals surface area contributed by atoms with Crippen molar-refractivity contribution in [3.63, 3.8) is 0 Å². The number of amides is 1. The quantitative estimate of drug-likeness (QED) is 0.585. The fourth-order valence-corrected chi connectivity index (χ4v) is 2.40. The minimum Gasteiger partial charge on any atom is -0.497 e. The monoisotopic (exact) mass is 380 g/mol. The van der Waals surface area contributed by atoms with Crippen molar-refractivity contribution in [2.45, 2.75) is 0 Å². The number of nitriles is 1. The lowest BCUT2D eigenvalue weighted by atomic mass is 10.1. The molecule has 0 unspecified atom stereocenters. The number of anilines is 1. The highest BCUT2D eigenvalue weighted by Crippen LogP contribution is 2.26. The third-order valence-corrected chi connectivity index (χ3v) is 3.94. The van der Waals surface area contributed by atoms with E-state index in [4.69, 9.17) is 39.5 Å². The van der Waals surface area contributed by atoms with Gasteiger partial charge < -0.3 is 10.1 Å². The molecule has 2 aromatic rings. The van der Waals surface area contributed by atoms with Gasteiger partial charge in [0.25, 0.3) is 5.91 Å². The second-order valence-electron chi connectivity index (χ2n) is 4.68. The van der Waals surface area contributed by atoms with Gasteiger partial charge in [0.15, 0.2) is 0 Å². The molecule has 1 amide bonds. The minimum absolute atomic E-state index is 0.0922. The van der Waals surface area contributed by atoms with Crippen LogP contribution < -0.4 is 10.1 Å².